The summed E-state index contributed by atoms with van der Waals surface area (Å²) in [5.74, 6) is 1.23. The topological polar surface area (TPSA) is 15.3 Å². The molecule has 1 saturated heterocycles. The van der Waals surface area contributed by atoms with Crippen LogP contribution in [0.4, 0.5) is 5.69 Å². The first-order valence-electron chi connectivity index (χ1n) is 7.51. The van der Waals surface area contributed by atoms with Crippen molar-refractivity contribution in [3.05, 3.63) is 28.2 Å². The van der Waals surface area contributed by atoms with Crippen molar-refractivity contribution in [1.29, 1.82) is 0 Å². The van der Waals surface area contributed by atoms with Crippen LogP contribution in [0.25, 0.3) is 0 Å². The van der Waals surface area contributed by atoms with Gasteiger partial charge in [0.1, 0.15) is 0 Å². The van der Waals surface area contributed by atoms with Gasteiger partial charge in [-0.25, -0.2) is 0 Å². The van der Waals surface area contributed by atoms with Crippen molar-refractivity contribution in [2.45, 2.75) is 38.5 Å². The van der Waals surface area contributed by atoms with E-state index >= 15 is 0 Å². The van der Waals surface area contributed by atoms with Crippen LogP contribution in [-0.4, -0.2) is 30.6 Å². The number of halogens is 1. The lowest BCUT2D eigenvalue weighted by molar-refractivity contribution is 0.568. The van der Waals surface area contributed by atoms with Crippen LogP contribution in [-0.2, 0) is 0 Å². The Balaban J connectivity index is 2.22. The molecule has 4 heteroatoms. The molecule has 0 saturated carbocycles. The molecular formula is C16H25BrN2S. The van der Waals surface area contributed by atoms with Crippen LogP contribution in [0, 0.1) is 0 Å². The molecule has 0 radical (unpaired) electrons. The Morgan fingerprint density at radius 2 is 2.30 bits per heavy atom. The van der Waals surface area contributed by atoms with Crippen molar-refractivity contribution < 1.29 is 0 Å². The second-order valence-corrected chi connectivity index (χ2v) is 7.97. The van der Waals surface area contributed by atoms with Crippen LogP contribution in [0.1, 0.15) is 38.8 Å². The van der Waals surface area contributed by atoms with Gasteiger partial charge in [-0.1, -0.05) is 29.8 Å². The van der Waals surface area contributed by atoms with E-state index in [4.69, 9.17) is 0 Å². The molecule has 2 atom stereocenters. The molecule has 1 aliphatic rings. The van der Waals surface area contributed by atoms with E-state index in [0.717, 1.165) is 24.9 Å². The van der Waals surface area contributed by atoms with E-state index in [9.17, 15) is 0 Å². The third kappa shape index (κ3) is 4.15. The van der Waals surface area contributed by atoms with Crippen molar-refractivity contribution in [2.24, 2.45) is 0 Å². The summed E-state index contributed by atoms with van der Waals surface area (Å²) in [7, 11) is 0. The molecule has 112 valence electrons. The maximum absolute atomic E-state index is 3.62. The Hall–Kier alpha value is -0.190. The molecule has 2 rings (SSSR count). The van der Waals surface area contributed by atoms with Crippen molar-refractivity contribution >= 4 is 33.4 Å². The summed E-state index contributed by atoms with van der Waals surface area (Å²) in [6.45, 7) is 10.2. The van der Waals surface area contributed by atoms with Crippen LogP contribution in [0.15, 0.2) is 22.7 Å². The zero-order valence-electron chi connectivity index (χ0n) is 12.7. The molecule has 2 unspecified atom stereocenters. The molecule has 2 nitrogen and oxygen atoms in total. The van der Waals surface area contributed by atoms with Crippen LogP contribution in [0.2, 0.25) is 0 Å². The number of hydrogen-bond acceptors (Lipinski definition) is 3. The molecule has 0 spiro atoms. The number of thioether (sulfide) groups is 1. The summed E-state index contributed by atoms with van der Waals surface area (Å²) in [4.78, 5) is 2.55. The van der Waals surface area contributed by atoms with Gasteiger partial charge in [-0.05, 0) is 43.7 Å². The molecule has 20 heavy (non-hydrogen) atoms. The monoisotopic (exact) mass is 356 g/mol. The van der Waals surface area contributed by atoms with Gasteiger partial charge in [0.25, 0.3) is 0 Å². The average molecular weight is 357 g/mol. The highest BCUT2D eigenvalue weighted by Crippen LogP contribution is 2.32. The highest BCUT2D eigenvalue weighted by atomic mass is 79.9. The van der Waals surface area contributed by atoms with Crippen LogP contribution in [0.3, 0.4) is 0 Å². The number of anilines is 1. The zero-order valence-corrected chi connectivity index (χ0v) is 15.1. The Labute approximate surface area is 135 Å². The van der Waals surface area contributed by atoms with E-state index in [1.165, 1.54) is 27.9 Å². The fourth-order valence-electron chi connectivity index (χ4n) is 2.67. The van der Waals surface area contributed by atoms with Gasteiger partial charge in [0.15, 0.2) is 0 Å². The van der Waals surface area contributed by atoms with E-state index in [1.54, 1.807) is 0 Å². The first kappa shape index (κ1) is 16.2. The first-order chi connectivity index (χ1) is 9.61. The van der Waals surface area contributed by atoms with Gasteiger partial charge in [0.05, 0.1) is 0 Å². The van der Waals surface area contributed by atoms with Crippen molar-refractivity contribution in [3.8, 4) is 0 Å². The Morgan fingerprint density at radius 3 is 3.00 bits per heavy atom. The number of nitrogens with zero attached hydrogens (tertiary/aromatic N) is 1. The largest absolute Gasteiger partial charge is 0.369 e. The number of benzene rings is 1. The van der Waals surface area contributed by atoms with Crippen LogP contribution in [0.5, 0.6) is 0 Å². The maximum atomic E-state index is 3.62. The molecule has 1 aromatic carbocycles. The molecule has 1 N–H and O–H groups in total. The Morgan fingerprint density at radius 1 is 1.50 bits per heavy atom. The molecule has 1 aromatic rings. The highest BCUT2D eigenvalue weighted by molar-refractivity contribution is 9.10. The second kappa shape index (κ2) is 7.71. The Bertz CT molecular complexity index is 438. The highest BCUT2D eigenvalue weighted by Gasteiger charge is 2.21. The SMILES string of the molecule is CCCNC(C)c1cc(Br)ccc1N1CCSC(C)C1. The van der Waals surface area contributed by atoms with Gasteiger partial charge >= 0.3 is 0 Å². The third-order valence-corrected chi connectivity index (χ3v) is 5.37. The predicted octanol–water partition coefficient (Wildman–Crippen LogP) is 4.45. The first-order valence-corrected chi connectivity index (χ1v) is 9.35. The molecule has 1 aliphatic heterocycles. The lowest BCUT2D eigenvalue weighted by Gasteiger charge is -2.35. The van der Waals surface area contributed by atoms with Gasteiger partial charge in [-0.15, -0.1) is 0 Å². The second-order valence-electron chi connectivity index (χ2n) is 5.51. The molecule has 0 aromatic heterocycles. The number of nitrogens with one attached hydrogen (secondary N) is 1. The molecule has 0 amide bonds. The van der Waals surface area contributed by atoms with Gasteiger partial charge in [-0.3, -0.25) is 0 Å². The fourth-order valence-corrected chi connectivity index (χ4v) is 4.06. The van der Waals surface area contributed by atoms with Gasteiger partial charge in [-0.2, -0.15) is 11.8 Å². The smallest absolute Gasteiger partial charge is 0.0416 e. The summed E-state index contributed by atoms with van der Waals surface area (Å²) in [6.07, 6.45) is 1.17. The lowest BCUT2D eigenvalue weighted by atomic mass is 10.0. The average Bonchev–Trinajstić information content (AvgIpc) is 2.44. The van der Waals surface area contributed by atoms with Gasteiger partial charge in [0, 0.05) is 40.3 Å². The maximum Gasteiger partial charge on any atom is 0.0416 e. The van der Waals surface area contributed by atoms with Crippen molar-refractivity contribution in [1.82, 2.24) is 5.32 Å². The molecule has 1 heterocycles. The quantitative estimate of drug-likeness (QED) is 0.838. The standard InChI is InChI=1S/C16H25BrN2S/c1-4-7-18-13(3)15-10-14(17)5-6-16(15)19-8-9-20-12(2)11-19/h5-6,10,12-13,18H,4,7-9,11H2,1-3H3. The molecular weight excluding hydrogens is 332 g/mol. The number of hydrogen-bond donors (Lipinski definition) is 1. The van der Waals surface area contributed by atoms with E-state index in [2.05, 4.69) is 76.9 Å². The summed E-state index contributed by atoms with van der Waals surface area (Å²) >= 11 is 5.70. The van der Waals surface area contributed by atoms with Crippen molar-refractivity contribution in [2.75, 3.05) is 30.3 Å². The van der Waals surface area contributed by atoms with E-state index < -0.39 is 0 Å². The van der Waals surface area contributed by atoms with E-state index in [-0.39, 0.29) is 0 Å². The fraction of sp³-hybridized carbons (Fsp3) is 0.625. The van der Waals surface area contributed by atoms with Crippen LogP contribution < -0.4 is 10.2 Å². The summed E-state index contributed by atoms with van der Waals surface area (Å²) in [6, 6.07) is 7.10. The zero-order chi connectivity index (χ0) is 14.5. The Kier molecular flexibility index (Phi) is 6.24. The summed E-state index contributed by atoms with van der Waals surface area (Å²) in [5, 5.41) is 4.34. The summed E-state index contributed by atoms with van der Waals surface area (Å²) in [5.41, 5.74) is 2.81. The predicted molar refractivity (Wildman–Crippen MR) is 95.0 cm³/mol. The molecule has 0 bridgehead atoms. The lowest BCUT2D eigenvalue weighted by Crippen LogP contribution is -2.37. The van der Waals surface area contributed by atoms with Crippen LogP contribution >= 0.6 is 27.7 Å². The molecule has 1 fully saturated rings. The summed E-state index contributed by atoms with van der Waals surface area (Å²) < 4.78 is 1.17. The normalized spacial score (nSPS) is 21.0. The van der Waals surface area contributed by atoms with E-state index in [1.807, 2.05) is 0 Å². The minimum Gasteiger partial charge on any atom is -0.369 e. The third-order valence-electron chi connectivity index (χ3n) is 3.74. The van der Waals surface area contributed by atoms with E-state index in [0.29, 0.717) is 6.04 Å². The van der Waals surface area contributed by atoms with Gasteiger partial charge < -0.3 is 10.2 Å². The minimum atomic E-state index is 0.396. The number of rotatable bonds is 5. The minimum absolute atomic E-state index is 0.396. The van der Waals surface area contributed by atoms with Crippen molar-refractivity contribution in [3.63, 3.8) is 0 Å². The molecule has 0 aliphatic carbocycles. The van der Waals surface area contributed by atoms with Gasteiger partial charge in [0.2, 0.25) is 0 Å².